The van der Waals surface area contributed by atoms with E-state index in [1.807, 2.05) is 0 Å². The minimum absolute atomic E-state index is 0.762. The number of nitrogens with one attached hydrogen (secondary N) is 1. The van der Waals surface area contributed by atoms with Crippen LogP contribution >= 0.6 is 0 Å². The van der Waals surface area contributed by atoms with Crippen molar-refractivity contribution in [2.24, 2.45) is 11.8 Å². The van der Waals surface area contributed by atoms with Gasteiger partial charge in [-0.3, -0.25) is 4.90 Å². The Labute approximate surface area is 107 Å². The molecule has 2 nitrogen and oxygen atoms in total. The van der Waals surface area contributed by atoms with E-state index in [0.717, 1.165) is 23.9 Å². The van der Waals surface area contributed by atoms with E-state index in [2.05, 4.69) is 31.0 Å². The van der Waals surface area contributed by atoms with E-state index < -0.39 is 0 Å². The third-order valence-electron chi connectivity index (χ3n) is 4.24. The lowest BCUT2D eigenvalue weighted by Crippen LogP contribution is -2.43. The molecule has 1 aliphatic carbocycles. The maximum absolute atomic E-state index is 3.65. The molecule has 2 aliphatic rings. The van der Waals surface area contributed by atoms with Crippen molar-refractivity contribution in [3.05, 3.63) is 0 Å². The molecule has 2 rings (SSSR count). The molecular formula is C15H30N2. The first-order valence-electron chi connectivity index (χ1n) is 7.62. The fraction of sp³-hybridized carbons (Fsp3) is 1.00. The van der Waals surface area contributed by atoms with Gasteiger partial charge in [-0.25, -0.2) is 0 Å². The first kappa shape index (κ1) is 13.4. The molecule has 100 valence electrons. The highest BCUT2D eigenvalue weighted by Gasteiger charge is 2.28. The van der Waals surface area contributed by atoms with Gasteiger partial charge in [0.05, 0.1) is 0 Å². The molecule has 1 saturated carbocycles. The third-order valence-corrected chi connectivity index (χ3v) is 4.24. The van der Waals surface area contributed by atoms with Crippen LogP contribution in [-0.4, -0.2) is 36.6 Å². The first-order valence-corrected chi connectivity index (χ1v) is 7.62. The van der Waals surface area contributed by atoms with Crippen LogP contribution in [-0.2, 0) is 0 Å². The van der Waals surface area contributed by atoms with Crippen molar-refractivity contribution in [2.45, 2.75) is 65.0 Å². The Morgan fingerprint density at radius 1 is 1.12 bits per heavy atom. The molecule has 2 heteroatoms. The van der Waals surface area contributed by atoms with Gasteiger partial charge in [-0.1, -0.05) is 13.8 Å². The molecule has 0 amide bonds. The summed E-state index contributed by atoms with van der Waals surface area (Å²) in [6.45, 7) is 11.0. The van der Waals surface area contributed by atoms with Crippen molar-refractivity contribution in [1.29, 1.82) is 0 Å². The van der Waals surface area contributed by atoms with E-state index in [4.69, 9.17) is 0 Å². The van der Waals surface area contributed by atoms with Crippen molar-refractivity contribution < 1.29 is 0 Å². The normalized spacial score (nSPS) is 27.0. The van der Waals surface area contributed by atoms with Crippen LogP contribution in [0.15, 0.2) is 0 Å². The van der Waals surface area contributed by atoms with E-state index in [1.54, 1.807) is 0 Å². The van der Waals surface area contributed by atoms with E-state index >= 15 is 0 Å². The number of rotatable bonds is 7. The predicted octanol–water partition coefficient (Wildman–Crippen LogP) is 2.89. The Balaban J connectivity index is 1.81. The Kier molecular flexibility index (Phi) is 4.87. The van der Waals surface area contributed by atoms with Gasteiger partial charge in [-0.2, -0.15) is 0 Å². The van der Waals surface area contributed by atoms with Crippen LogP contribution in [0, 0.1) is 11.8 Å². The van der Waals surface area contributed by atoms with Crippen LogP contribution in [0.1, 0.15) is 52.9 Å². The molecule has 17 heavy (non-hydrogen) atoms. The molecule has 1 aliphatic heterocycles. The van der Waals surface area contributed by atoms with Crippen molar-refractivity contribution in [3.8, 4) is 0 Å². The second kappa shape index (κ2) is 6.19. The third kappa shape index (κ3) is 4.59. The van der Waals surface area contributed by atoms with Crippen LogP contribution in [0.25, 0.3) is 0 Å². The maximum Gasteiger partial charge on any atom is 0.0195 e. The van der Waals surface area contributed by atoms with Crippen molar-refractivity contribution >= 4 is 0 Å². The molecule has 1 heterocycles. The molecule has 2 atom stereocenters. The predicted molar refractivity (Wildman–Crippen MR) is 74.2 cm³/mol. The molecule has 0 spiro atoms. The van der Waals surface area contributed by atoms with Crippen LogP contribution in [0.2, 0.25) is 0 Å². The lowest BCUT2D eigenvalue weighted by atomic mass is 10.0. The molecule has 0 aromatic carbocycles. The topological polar surface area (TPSA) is 15.3 Å². The van der Waals surface area contributed by atoms with Gasteiger partial charge in [-0.15, -0.1) is 0 Å². The lowest BCUT2D eigenvalue weighted by molar-refractivity contribution is 0.164. The summed E-state index contributed by atoms with van der Waals surface area (Å²) < 4.78 is 0. The second-order valence-corrected chi connectivity index (χ2v) is 6.67. The zero-order chi connectivity index (χ0) is 12.3. The van der Waals surface area contributed by atoms with E-state index in [0.29, 0.717) is 0 Å². The molecule has 0 radical (unpaired) electrons. The highest BCUT2D eigenvalue weighted by Crippen LogP contribution is 2.31. The van der Waals surface area contributed by atoms with Crippen LogP contribution in [0.5, 0.6) is 0 Å². The van der Waals surface area contributed by atoms with Gasteiger partial charge >= 0.3 is 0 Å². The average Bonchev–Trinajstić information content (AvgIpc) is 2.91. The minimum Gasteiger partial charge on any atom is -0.313 e. The fourth-order valence-corrected chi connectivity index (χ4v) is 3.09. The smallest absolute Gasteiger partial charge is 0.0195 e. The van der Waals surface area contributed by atoms with E-state index in [-0.39, 0.29) is 0 Å². The van der Waals surface area contributed by atoms with Crippen molar-refractivity contribution in [2.75, 3.05) is 19.6 Å². The summed E-state index contributed by atoms with van der Waals surface area (Å²) in [5, 5.41) is 3.65. The van der Waals surface area contributed by atoms with Crippen LogP contribution in [0.3, 0.4) is 0 Å². The second-order valence-electron chi connectivity index (χ2n) is 6.67. The Morgan fingerprint density at radius 3 is 2.41 bits per heavy atom. The Hall–Kier alpha value is -0.0800. The van der Waals surface area contributed by atoms with Crippen molar-refractivity contribution in [1.82, 2.24) is 10.2 Å². The molecule has 0 bridgehead atoms. The Morgan fingerprint density at radius 2 is 1.88 bits per heavy atom. The summed E-state index contributed by atoms with van der Waals surface area (Å²) in [7, 11) is 0. The summed E-state index contributed by atoms with van der Waals surface area (Å²) in [5.41, 5.74) is 0. The van der Waals surface area contributed by atoms with Gasteiger partial charge in [0.25, 0.3) is 0 Å². The molecule has 1 N–H and O–H groups in total. The van der Waals surface area contributed by atoms with E-state index in [1.165, 1.54) is 51.7 Å². The van der Waals surface area contributed by atoms with Gasteiger partial charge in [0.1, 0.15) is 0 Å². The number of nitrogens with zero attached hydrogens (tertiary/aromatic N) is 1. The number of hydrogen-bond donors (Lipinski definition) is 1. The SMILES string of the molecule is CC(C)CC(C)N(CC1CC1)CC1CCCN1. The van der Waals surface area contributed by atoms with Gasteiger partial charge in [0, 0.05) is 25.2 Å². The molecule has 1 saturated heterocycles. The summed E-state index contributed by atoms with van der Waals surface area (Å²) in [5.74, 6) is 1.84. The average molecular weight is 238 g/mol. The zero-order valence-electron chi connectivity index (χ0n) is 11.9. The summed E-state index contributed by atoms with van der Waals surface area (Å²) in [6.07, 6.45) is 7.06. The van der Waals surface area contributed by atoms with Gasteiger partial charge in [-0.05, 0) is 57.4 Å². The van der Waals surface area contributed by atoms with Gasteiger partial charge in [0.15, 0.2) is 0 Å². The summed E-state index contributed by atoms with van der Waals surface area (Å²) in [4.78, 5) is 2.76. The quantitative estimate of drug-likeness (QED) is 0.733. The van der Waals surface area contributed by atoms with Crippen molar-refractivity contribution in [3.63, 3.8) is 0 Å². The summed E-state index contributed by atoms with van der Waals surface area (Å²) >= 11 is 0. The first-order chi connectivity index (χ1) is 8.15. The standard InChI is InChI=1S/C15H30N2/c1-12(2)9-13(3)17(10-14-6-7-14)11-15-5-4-8-16-15/h12-16H,4-11H2,1-3H3. The molecule has 0 aromatic heterocycles. The Bertz CT molecular complexity index is 217. The van der Waals surface area contributed by atoms with E-state index in [9.17, 15) is 0 Å². The molecule has 2 unspecified atom stereocenters. The van der Waals surface area contributed by atoms with Crippen LogP contribution < -0.4 is 5.32 Å². The lowest BCUT2D eigenvalue weighted by Gasteiger charge is -2.32. The maximum atomic E-state index is 3.65. The highest BCUT2D eigenvalue weighted by atomic mass is 15.2. The van der Waals surface area contributed by atoms with Crippen LogP contribution in [0.4, 0.5) is 0 Å². The zero-order valence-corrected chi connectivity index (χ0v) is 11.9. The molecule has 0 aromatic rings. The monoisotopic (exact) mass is 238 g/mol. The summed E-state index contributed by atoms with van der Waals surface area (Å²) in [6, 6.07) is 1.53. The van der Waals surface area contributed by atoms with Gasteiger partial charge < -0.3 is 5.32 Å². The fourth-order valence-electron chi connectivity index (χ4n) is 3.09. The number of hydrogen-bond acceptors (Lipinski definition) is 2. The largest absolute Gasteiger partial charge is 0.313 e. The molecule has 2 fully saturated rings. The van der Waals surface area contributed by atoms with Gasteiger partial charge in [0.2, 0.25) is 0 Å². The highest BCUT2D eigenvalue weighted by molar-refractivity contribution is 4.85. The molecular weight excluding hydrogens is 208 g/mol. The minimum atomic E-state index is 0.762.